The lowest BCUT2D eigenvalue weighted by Gasteiger charge is -2.27. The summed E-state index contributed by atoms with van der Waals surface area (Å²) in [4.78, 5) is 24.9. The molecule has 0 aliphatic carbocycles. The van der Waals surface area contributed by atoms with Gasteiger partial charge in [-0.3, -0.25) is 9.59 Å². The molecule has 0 radical (unpaired) electrons. The molecule has 0 saturated carbocycles. The minimum absolute atomic E-state index is 0.0397. The molecule has 0 bridgehead atoms. The van der Waals surface area contributed by atoms with Crippen molar-refractivity contribution in [2.75, 3.05) is 11.9 Å². The third-order valence-electron chi connectivity index (χ3n) is 3.31. The fourth-order valence-electron chi connectivity index (χ4n) is 1.93. The standard InChI is InChI=1S/C15H20F2N2O2/c1-4-10(2)19(11(3)20)8-7-15(21)18-14-6-5-12(16)9-13(14)17/h5-6,9-10H,4,7-8H2,1-3H3,(H,18,21). The third-order valence-corrected chi connectivity index (χ3v) is 3.31. The van der Waals surface area contributed by atoms with E-state index in [-0.39, 0.29) is 30.6 Å². The summed E-state index contributed by atoms with van der Waals surface area (Å²) in [7, 11) is 0. The Morgan fingerprint density at radius 3 is 2.52 bits per heavy atom. The van der Waals surface area contributed by atoms with Crippen LogP contribution in [0.3, 0.4) is 0 Å². The SMILES string of the molecule is CCC(C)N(CCC(=O)Nc1ccc(F)cc1F)C(C)=O. The van der Waals surface area contributed by atoms with E-state index in [2.05, 4.69) is 5.32 Å². The number of hydrogen-bond donors (Lipinski definition) is 1. The van der Waals surface area contributed by atoms with Crippen LogP contribution in [0, 0.1) is 11.6 Å². The second-order valence-electron chi connectivity index (χ2n) is 4.89. The van der Waals surface area contributed by atoms with Crippen LogP contribution in [0.25, 0.3) is 0 Å². The molecule has 0 heterocycles. The van der Waals surface area contributed by atoms with Crippen LogP contribution in [0.15, 0.2) is 18.2 Å². The number of anilines is 1. The molecule has 0 fully saturated rings. The van der Waals surface area contributed by atoms with Crippen molar-refractivity contribution in [3.8, 4) is 0 Å². The van der Waals surface area contributed by atoms with Gasteiger partial charge in [0.05, 0.1) is 5.69 Å². The van der Waals surface area contributed by atoms with E-state index in [1.54, 1.807) is 4.90 Å². The highest BCUT2D eigenvalue weighted by molar-refractivity contribution is 5.91. The third kappa shape index (κ3) is 5.13. The van der Waals surface area contributed by atoms with Crippen LogP contribution in [0.2, 0.25) is 0 Å². The van der Waals surface area contributed by atoms with Crippen LogP contribution in [-0.4, -0.2) is 29.3 Å². The Bertz CT molecular complexity index is 520. The van der Waals surface area contributed by atoms with E-state index in [0.29, 0.717) is 6.07 Å². The molecule has 1 aromatic rings. The first kappa shape index (κ1) is 17.1. The fourth-order valence-corrected chi connectivity index (χ4v) is 1.93. The van der Waals surface area contributed by atoms with E-state index in [0.717, 1.165) is 12.5 Å². The van der Waals surface area contributed by atoms with Gasteiger partial charge in [0, 0.05) is 32.0 Å². The molecule has 1 unspecified atom stereocenters. The molecular formula is C15H20F2N2O2. The lowest BCUT2D eigenvalue weighted by molar-refractivity contribution is -0.131. The van der Waals surface area contributed by atoms with Gasteiger partial charge in [-0.25, -0.2) is 8.78 Å². The molecule has 0 aliphatic heterocycles. The second-order valence-corrected chi connectivity index (χ2v) is 4.89. The normalized spacial score (nSPS) is 11.9. The number of hydrogen-bond acceptors (Lipinski definition) is 2. The number of halogens is 2. The summed E-state index contributed by atoms with van der Waals surface area (Å²) in [6.45, 7) is 5.57. The molecule has 1 N–H and O–H groups in total. The molecule has 6 heteroatoms. The van der Waals surface area contributed by atoms with Gasteiger partial charge in [0.15, 0.2) is 0 Å². The molecular weight excluding hydrogens is 278 g/mol. The smallest absolute Gasteiger partial charge is 0.226 e. The number of nitrogens with zero attached hydrogens (tertiary/aromatic N) is 1. The van der Waals surface area contributed by atoms with Gasteiger partial charge in [0.25, 0.3) is 0 Å². The van der Waals surface area contributed by atoms with Crippen LogP contribution in [0.4, 0.5) is 14.5 Å². The molecule has 0 saturated heterocycles. The summed E-state index contributed by atoms with van der Waals surface area (Å²) in [5, 5.41) is 2.37. The van der Waals surface area contributed by atoms with E-state index in [9.17, 15) is 18.4 Å². The minimum atomic E-state index is -0.825. The molecule has 21 heavy (non-hydrogen) atoms. The summed E-state index contributed by atoms with van der Waals surface area (Å²) in [5.74, 6) is -2.06. The highest BCUT2D eigenvalue weighted by atomic mass is 19.1. The maximum Gasteiger partial charge on any atom is 0.226 e. The zero-order valence-corrected chi connectivity index (χ0v) is 12.5. The van der Waals surface area contributed by atoms with Crippen molar-refractivity contribution in [2.45, 2.75) is 39.7 Å². The predicted molar refractivity (Wildman–Crippen MR) is 76.7 cm³/mol. The monoisotopic (exact) mass is 298 g/mol. The van der Waals surface area contributed by atoms with Gasteiger partial charge < -0.3 is 10.2 Å². The number of rotatable bonds is 6. The average molecular weight is 298 g/mol. The first-order chi connectivity index (χ1) is 9.85. The fraction of sp³-hybridized carbons (Fsp3) is 0.467. The van der Waals surface area contributed by atoms with Crippen molar-refractivity contribution >= 4 is 17.5 Å². The van der Waals surface area contributed by atoms with Crippen molar-refractivity contribution in [1.82, 2.24) is 4.90 Å². The summed E-state index contributed by atoms with van der Waals surface area (Å²) >= 11 is 0. The van der Waals surface area contributed by atoms with Crippen LogP contribution < -0.4 is 5.32 Å². The van der Waals surface area contributed by atoms with Gasteiger partial charge in [-0.05, 0) is 25.5 Å². The van der Waals surface area contributed by atoms with E-state index >= 15 is 0 Å². The van der Waals surface area contributed by atoms with Crippen LogP contribution in [-0.2, 0) is 9.59 Å². The largest absolute Gasteiger partial charge is 0.340 e. The van der Waals surface area contributed by atoms with Crippen LogP contribution >= 0.6 is 0 Å². The number of amides is 2. The molecule has 116 valence electrons. The first-order valence-corrected chi connectivity index (χ1v) is 6.87. The molecule has 4 nitrogen and oxygen atoms in total. The Morgan fingerprint density at radius 1 is 1.33 bits per heavy atom. The first-order valence-electron chi connectivity index (χ1n) is 6.87. The van der Waals surface area contributed by atoms with Crippen molar-refractivity contribution in [3.05, 3.63) is 29.8 Å². The van der Waals surface area contributed by atoms with Crippen molar-refractivity contribution < 1.29 is 18.4 Å². The summed E-state index contributed by atoms with van der Waals surface area (Å²) in [6, 6.07) is 2.98. The van der Waals surface area contributed by atoms with Gasteiger partial charge >= 0.3 is 0 Å². The summed E-state index contributed by atoms with van der Waals surface area (Å²) in [5.41, 5.74) is -0.0701. The quantitative estimate of drug-likeness (QED) is 0.878. The lowest BCUT2D eigenvalue weighted by Crippen LogP contribution is -2.38. The van der Waals surface area contributed by atoms with Crippen molar-refractivity contribution in [3.63, 3.8) is 0 Å². The molecule has 0 aromatic heterocycles. The highest BCUT2D eigenvalue weighted by Gasteiger charge is 2.16. The Balaban J connectivity index is 2.59. The van der Waals surface area contributed by atoms with Gasteiger partial charge in [-0.15, -0.1) is 0 Å². The lowest BCUT2D eigenvalue weighted by atomic mass is 10.2. The maximum absolute atomic E-state index is 13.4. The summed E-state index contributed by atoms with van der Waals surface area (Å²) in [6.07, 6.45) is 0.842. The van der Waals surface area contributed by atoms with E-state index < -0.39 is 17.5 Å². The Hall–Kier alpha value is -1.98. The Kier molecular flexibility index (Phi) is 6.27. The predicted octanol–water partition coefficient (Wildman–Crippen LogP) is 2.94. The molecule has 0 spiro atoms. The van der Waals surface area contributed by atoms with Crippen molar-refractivity contribution in [2.24, 2.45) is 0 Å². The zero-order chi connectivity index (χ0) is 16.0. The van der Waals surface area contributed by atoms with Gasteiger partial charge in [0.1, 0.15) is 11.6 Å². The van der Waals surface area contributed by atoms with Gasteiger partial charge in [-0.2, -0.15) is 0 Å². The number of benzene rings is 1. The van der Waals surface area contributed by atoms with Crippen molar-refractivity contribution in [1.29, 1.82) is 0 Å². The summed E-state index contributed by atoms with van der Waals surface area (Å²) < 4.78 is 26.2. The molecule has 2 amide bonds. The minimum Gasteiger partial charge on any atom is -0.340 e. The van der Waals surface area contributed by atoms with Gasteiger partial charge in [-0.1, -0.05) is 6.92 Å². The van der Waals surface area contributed by atoms with E-state index in [1.165, 1.54) is 13.0 Å². The number of nitrogens with one attached hydrogen (secondary N) is 1. The van der Waals surface area contributed by atoms with E-state index in [4.69, 9.17) is 0 Å². The topological polar surface area (TPSA) is 49.4 Å². The molecule has 1 rings (SSSR count). The number of carbonyl (C=O) groups is 2. The van der Waals surface area contributed by atoms with Gasteiger partial charge in [0.2, 0.25) is 11.8 Å². The van der Waals surface area contributed by atoms with E-state index in [1.807, 2.05) is 13.8 Å². The van der Waals surface area contributed by atoms with Crippen LogP contribution in [0.1, 0.15) is 33.6 Å². The maximum atomic E-state index is 13.4. The second kappa shape index (κ2) is 7.71. The molecule has 1 atom stereocenters. The average Bonchev–Trinajstić information content (AvgIpc) is 2.41. The Labute approximate surface area is 123 Å². The molecule has 1 aromatic carbocycles. The highest BCUT2D eigenvalue weighted by Crippen LogP contribution is 2.15. The number of carbonyl (C=O) groups excluding carboxylic acids is 2. The van der Waals surface area contributed by atoms with Crippen LogP contribution in [0.5, 0.6) is 0 Å². The zero-order valence-electron chi connectivity index (χ0n) is 12.5. The molecule has 0 aliphatic rings. The Morgan fingerprint density at radius 2 is 2.00 bits per heavy atom.